The maximum atomic E-state index is 13.1. The van der Waals surface area contributed by atoms with Crippen LogP contribution in [0.5, 0.6) is 5.75 Å². The van der Waals surface area contributed by atoms with Gasteiger partial charge in [-0.3, -0.25) is 4.79 Å². The van der Waals surface area contributed by atoms with E-state index in [1.807, 2.05) is 18.3 Å². The topological polar surface area (TPSA) is 51.7 Å². The summed E-state index contributed by atoms with van der Waals surface area (Å²) in [5.41, 5.74) is 1.73. The summed E-state index contributed by atoms with van der Waals surface area (Å²) in [7, 11) is 0. The van der Waals surface area contributed by atoms with Gasteiger partial charge in [0, 0.05) is 24.2 Å². The van der Waals surface area contributed by atoms with E-state index in [2.05, 4.69) is 35.4 Å². The van der Waals surface area contributed by atoms with Gasteiger partial charge in [0.1, 0.15) is 11.4 Å². The number of aromatic nitrogens is 1. The Hall–Kier alpha value is -2.05. The number of rotatable bonds is 10. The first-order chi connectivity index (χ1) is 16.0. The predicted molar refractivity (Wildman–Crippen MR) is 133 cm³/mol. The van der Waals surface area contributed by atoms with Crippen LogP contribution >= 0.6 is 23.1 Å². The van der Waals surface area contributed by atoms with Gasteiger partial charge >= 0.3 is 5.97 Å². The molecule has 1 aromatic heterocycles. The molecule has 5 nitrogen and oxygen atoms in total. The third-order valence-electron chi connectivity index (χ3n) is 6.46. The Morgan fingerprint density at radius 2 is 1.97 bits per heavy atom. The van der Waals surface area contributed by atoms with Gasteiger partial charge in [0.05, 0.1) is 28.7 Å². The molecule has 2 fully saturated rings. The summed E-state index contributed by atoms with van der Waals surface area (Å²) in [5, 5.41) is 1.68. The van der Waals surface area contributed by atoms with Crippen LogP contribution in [0, 0.1) is 17.8 Å². The first kappa shape index (κ1) is 22.7. The monoisotopic (exact) mass is 486 g/mol. The van der Waals surface area contributed by atoms with Gasteiger partial charge in [-0.15, -0.1) is 0 Å². The third kappa shape index (κ3) is 5.55. The molecule has 2 heterocycles. The second-order valence-corrected chi connectivity index (χ2v) is 11.2. The molecule has 0 N–H and O–H groups in total. The van der Waals surface area contributed by atoms with Crippen molar-refractivity contribution in [2.75, 3.05) is 24.7 Å². The number of benzene rings is 1. The summed E-state index contributed by atoms with van der Waals surface area (Å²) < 4.78 is 17.5. The summed E-state index contributed by atoms with van der Waals surface area (Å²) >= 11 is 8.40. The summed E-state index contributed by atoms with van der Waals surface area (Å²) in [5.74, 6) is 1.75. The number of carbonyl (C=O) groups excluding carboxylic acids is 1. The standard InChI is InChI=1S/C26H31ClN2O3S/c1-16(2)9-21(26(30)32-15-18-5-6-18)19-10-22(27)25(23(11-19)31-14-17-3-4-17)29-8-7-24-20(13-29)12-28-33-24/h7,10-13,16-18,21H,3-6,8-9,14-15H2,1-2H3. The lowest BCUT2D eigenvalue weighted by Crippen LogP contribution is -2.32. The van der Waals surface area contributed by atoms with Crippen LogP contribution in [0.15, 0.2) is 18.3 Å². The molecule has 176 valence electrons. The highest BCUT2D eigenvalue weighted by atomic mass is 35.5. The molecule has 0 radical (unpaired) electrons. The van der Waals surface area contributed by atoms with Crippen molar-refractivity contribution in [2.24, 2.45) is 17.8 Å². The van der Waals surface area contributed by atoms with Crippen LogP contribution in [0.1, 0.15) is 57.4 Å². The van der Waals surface area contributed by atoms with Crippen molar-refractivity contribution >= 4 is 47.1 Å². The molecule has 0 spiro atoms. The fourth-order valence-electron chi connectivity index (χ4n) is 4.17. The number of nitrogens with zero attached hydrogens (tertiary/aromatic N) is 2. The smallest absolute Gasteiger partial charge is 0.313 e. The van der Waals surface area contributed by atoms with Crippen LogP contribution in [-0.4, -0.2) is 30.1 Å². The average Bonchev–Trinajstić information content (AvgIpc) is 3.72. The van der Waals surface area contributed by atoms with Gasteiger partial charge in [0.15, 0.2) is 0 Å². The van der Waals surface area contributed by atoms with Crippen molar-refractivity contribution in [2.45, 2.75) is 51.9 Å². The van der Waals surface area contributed by atoms with Crippen LogP contribution in [0.3, 0.4) is 0 Å². The quantitative estimate of drug-likeness (QED) is 0.455. The van der Waals surface area contributed by atoms with E-state index in [-0.39, 0.29) is 11.9 Å². The van der Waals surface area contributed by atoms with Gasteiger partial charge in [-0.05, 0) is 85.2 Å². The van der Waals surface area contributed by atoms with Crippen LogP contribution in [0.25, 0.3) is 12.3 Å². The first-order valence-electron chi connectivity index (χ1n) is 12.0. The van der Waals surface area contributed by atoms with E-state index >= 15 is 0 Å². The highest BCUT2D eigenvalue weighted by Crippen LogP contribution is 2.42. The van der Waals surface area contributed by atoms with E-state index < -0.39 is 0 Å². The van der Waals surface area contributed by atoms with Crippen molar-refractivity contribution < 1.29 is 14.3 Å². The van der Waals surface area contributed by atoms with Crippen molar-refractivity contribution in [3.8, 4) is 5.75 Å². The fraction of sp³-hybridized carbons (Fsp3) is 0.538. The van der Waals surface area contributed by atoms with Gasteiger partial charge in [-0.25, -0.2) is 0 Å². The number of anilines is 1. The second-order valence-electron chi connectivity index (χ2n) is 9.99. The van der Waals surface area contributed by atoms with Gasteiger partial charge in [-0.2, -0.15) is 4.37 Å². The van der Waals surface area contributed by atoms with E-state index in [1.54, 1.807) is 0 Å². The van der Waals surface area contributed by atoms with E-state index in [1.165, 1.54) is 28.9 Å². The Labute approximate surface area is 204 Å². The number of ether oxygens (including phenoxy) is 2. The Morgan fingerprint density at radius 3 is 2.70 bits per heavy atom. The minimum absolute atomic E-state index is 0.153. The Bertz CT molecular complexity index is 1140. The summed E-state index contributed by atoms with van der Waals surface area (Å²) in [6.07, 6.45) is 11.6. The first-order valence-corrected chi connectivity index (χ1v) is 13.2. The zero-order chi connectivity index (χ0) is 22.9. The molecule has 5 rings (SSSR count). The summed E-state index contributed by atoms with van der Waals surface area (Å²) in [4.78, 5) is 15.2. The average molecular weight is 487 g/mol. The molecule has 7 heteroatoms. The molecule has 0 bridgehead atoms. The molecule has 1 aliphatic heterocycles. The zero-order valence-corrected chi connectivity index (χ0v) is 20.8. The SMILES string of the molecule is CC(C)CC(C(=O)OCC1CC1)c1cc(Cl)c(N2C=c3cnsc3=CC2)c(OCC2CC2)c1. The number of fused-ring (bicyclic) bond motifs is 1. The van der Waals surface area contributed by atoms with Crippen LogP contribution in [0.4, 0.5) is 5.69 Å². The number of esters is 1. The Balaban J connectivity index is 1.48. The minimum atomic E-state index is -0.344. The number of carbonyl (C=O) groups is 1. The van der Waals surface area contributed by atoms with Crippen LogP contribution in [-0.2, 0) is 9.53 Å². The molecule has 1 aromatic carbocycles. The minimum Gasteiger partial charge on any atom is -0.491 e. The van der Waals surface area contributed by atoms with E-state index in [9.17, 15) is 4.79 Å². The predicted octanol–water partition coefficient (Wildman–Crippen LogP) is 4.71. The maximum Gasteiger partial charge on any atom is 0.313 e. The summed E-state index contributed by atoms with van der Waals surface area (Å²) in [6.45, 7) is 6.17. The zero-order valence-electron chi connectivity index (χ0n) is 19.3. The van der Waals surface area contributed by atoms with E-state index in [4.69, 9.17) is 21.1 Å². The van der Waals surface area contributed by atoms with Crippen molar-refractivity contribution in [1.82, 2.24) is 4.37 Å². The lowest BCUT2D eigenvalue weighted by atomic mass is 9.90. The largest absolute Gasteiger partial charge is 0.491 e. The molecule has 0 saturated heterocycles. The van der Waals surface area contributed by atoms with Gasteiger partial charge in [0.25, 0.3) is 0 Å². The molecular weight excluding hydrogens is 456 g/mol. The van der Waals surface area contributed by atoms with E-state index in [0.717, 1.165) is 41.5 Å². The lowest BCUT2D eigenvalue weighted by molar-refractivity contribution is -0.146. The molecule has 2 aromatic rings. The van der Waals surface area contributed by atoms with E-state index in [0.29, 0.717) is 42.5 Å². The Kier molecular flexibility index (Phi) is 6.66. The molecule has 1 atom stereocenters. The highest BCUT2D eigenvalue weighted by molar-refractivity contribution is 7.03. The molecule has 1 unspecified atom stereocenters. The fourth-order valence-corrected chi connectivity index (χ4v) is 5.13. The molecule has 2 aliphatic carbocycles. The molecular formula is C26H31ClN2O3S. The molecule has 0 amide bonds. The lowest BCUT2D eigenvalue weighted by Gasteiger charge is -2.27. The van der Waals surface area contributed by atoms with Crippen molar-refractivity contribution in [1.29, 1.82) is 0 Å². The normalized spacial score (nSPS) is 18.4. The number of halogens is 1. The highest BCUT2D eigenvalue weighted by Gasteiger charge is 2.30. The Morgan fingerprint density at radius 1 is 1.21 bits per heavy atom. The van der Waals surface area contributed by atoms with Crippen LogP contribution < -0.4 is 19.4 Å². The molecule has 2 saturated carbocycles. The van der Waals surface area contributed by atoms with Crippen LogP contribution in [0.2, 0.25) is 5.02 Å². The number of hydrogen-bond acceptors (Lipinski definition) is 6. The van der Waals surface area contributed by atoms with Crippen molar-refractivity contribution in [3.05, 3.63) is 38.7 Å². The van der Waals surface area contributed by atoms with Gasteiger partial charge < -0.3 is 14.4 Å². The molecule has 3 aliphatic rings. The van der Waals surface area contributed by atoms with Crippen molar-refractivity contribution in [3.63, 3.8) is 0 Å². The van der Waals surface area contributed by atoms with Gasteiger partial charge in [-0.1, -0.05) is 25.4 Å². The molecule has 33 heavy (non-hydrogen) atoms. The maximum absolute atomic E-state index is 13.1. The number of hydrogen-bond donors (Lipinski definition) is 0. The second kappa shape index (κ2) is 9.67. The third-order valence-corrected chi connectivity index (χ3v) is 7.56. The van der Waals surface area contributed by atoms with Gasteiger partial charge in [0.2, 0.25) is 0 Å². The summed E-state index contributed by atoms with van der Waals surface area (Å²) in [6, 6.07) is 3.95.